The highest BCUT2D eigenvalue weighted by atomic mass is 32.1. The van der Waals surface area contributed by atoms with E-state index in [2.05, 4.69) is 10.6 Å². The maximum Gasteiger partial charge on any atom is 0.416 e. The summed E-state index contributed by atoms with van der Waals surface area (Å²) < 4.78 is 41.5. The van der Waals surface area contributed by atoms with Gasteiger partial charge in [0.25, 0.3) is 5.91 Å². The molecule has 1 aliphatic rings. The number of thiophene rings is 1. The molecule has 0 radical (unpaired) electrons. The first-order valence-electron chi connectivity index (χ1n) is 14.6. The molecule has 2 heterocycles. The average molecular weight is 666 g/mol. The van der Waals surface area contributed by atoms with Gasteiger partial charge < -0.3 is 26.0 Å². The van der Waals surface area contributed by atoms with Crippen molar-refractivity contribution in [2.24, 2.45) is 5.73 Å². The van der Waals surface area contributed by atoms with E-state index >= 15 is 0 Å². The van der Waals surface area contributed by atoms with Crippen LogP contribution in [0.1, 0.15) is 44.8 Å². The lowest BCUT2D eigenvalue weighted by molar-refractivity contribution is -0.137. The summed E-state index contributed by atoms with van der Waals surface area (Å²) in [6.45, 7) is 2.32. The van der Waals surface area contributed by atoms with Crippen LogP contribution in [0.3, 0.4) is 0 Å². The number of nitrogens with one attached hydrogen (secondary N) is 3. The van der Waals surface area contributed by atoms with Gasteiger partial charge in [0.1, 0.15) is 23.4 Å². The minimum atomic E-state index is -4.21. The molecular weight excluding hydrogens is 631 g/mol. The first kappa shape index (κ1) is 34.7. The zero-order valence-electron chi connectivity index (χ0n) is 25.5. The Labute approximate surface area is 274 Å². The largest absolute Gasteiger partial charge is 0.457 e. The van der Waals surface area contributed by atoms with Crippen LogP contribution in [0.25, 0.3) is 0 Å². The molecule has 13 heteroatoms. The first-order chi connectivity index (χ1) is 22.4. The molecule has 1 unspecified atom stereocenters. The minimum absolute atomic E-state index is 0.0186. The number of hydrogen-bond acceptors (Lipinski definition) is 6. The van der Waals surface area contributed by atoms with E-state index in [-0.39, 0.29) is 30.1 Å². The third-order valence-corrected chi connectivity index (χ3v) is 8.09. The zero-order valence-corrected chi connectivity index (χ0v) is 26.3. The molecule has 5 rings (SSSR count). The van der Waals surface area contributed by atoms with Crippen LogP contribution in [0.4, 0.5) is 13.2 Å². The maximum absolute atomic E-state index is 12.8. The summed E-state index contributed by atoms with van der Waals surface area (Å²) in [4.78, 5) is 40.4. The fourth-order valence-electron chi connectivity index (χ4n) is 4.65. The van der Waals surface area contributed by atoms with E-state index in [0.717, 1.165) is 22.6 Å². The number of hydrogen-bond donors (Lipinski definition) is 4. The van der Waals surface area contributed by atoms with Crippen molar-refractivity contribution < 1.29 is 32.3 Å². The number of nitrogens with two attached hydrogens (primary N) is 1. The van der Waals surface area contributed by atoms with E-state index < -0.39 is 17.8 Å². The van der Waals surface area contributed by atoms with Crippen molar-refractivity contribution in [3.63, 3.8) is 0 Å². The second-order valence-corrected chi connectivity index (χ2v) is 11.7. The lowest BCUT2D eigenvalue weighted by Gasteiger charge is -2.24. The molecule has 0 aliphatic carbocycles. The molecular formula is C34H34F3N5O4S. The molecule has 0 bridgehead atoms. The van der Waals surface area contributed by atoms with Crippen LogP contribution in [0.15, 0.2) is 90.3 Å². The van der Waals surface area contributed by atoms with Crippen LogP contribution in [-0.2, 0) is 22.3 Å². The second kappa shape index (κ2) is 15.9. The Morgan fingerprint density at radius 1 is 0.957 bits per heavy atom. The van der Waals surface area contributed by atoms with Gasteiger partial charge in [-0.25, -0.2) is 0 Å². The molecule has 0 spiro atoms. The summed E-state index contributed by atoms with van der Waals surface area (Å²) in [6.07, 6.45) is -2.93. The van der Waals surface area contributed by atoms with Crippen molar-refractivity contribution in [3.05, 3.63) is 117 Å². The summed E-state index contributed by atoms with van der Waals surface area (Å²) in [5.74, 6) is 0.350. The normalized spacial score (nSPS) is 14.0. The number of likely N-dealkylation sites (tertiary alicyclic amines) is 1. The first-order valence-corrected chi connectivity index (χ1v) is 15.5. The number of ether oxygens (including phenoxy) is 1. The average Bonchev–Trinajstić information content (AvgIpc) is 3.74. The van der Waals surface area contributed by atoms with Gasteiger partial charge in [-0.15, -0.1) is 11.3 Å². The van der Waals surface area contributed by atoms with E-state index in [1.807, 2.05) is 30.3 Å². The van der Waals surface area contributed by atoms with Crippen LogP contribution in [0.2, 0.25) is 0 Å². The Bertz CT molecular complexity index is 1680. The van der Waals surface area contributed by atoms with Gasteiger partial charge >= 0.3 is 6.18 Å². The van der Waals surface area contributed by atoms with E-state index in [0.29, 0.717) is 48.6 Å². The Morgan fingerprint density at radius 3 is 2.23 bits per heavy atom. The van der Waals surface area contributed by atoms with Gasteiger partial charge in [-0.05, 0) is 74.4 Å². The number of rotatable bonds is 9. The predicted molar refractivity (Wildman–Crippen MR) is 173 cm³/mol. The van der Waals surface area contributed by atoms with E-state index in [1.165, 1.54) is 28.4 Å². The van der Waals surface area contributed by atoms with Crippen molar-refractivity contribution in [1.82, 2.24) is 15.5 Å². The summed E-state index contributed by atoms with van der Waals surface area (Å²) in [5.41, 5.74) is 6.74. The Morgan fingerprint density at radius 2 is 1.62 bits per heavy atom. The van der Waals surface area contributed by atoms with Gasteiger partial charge in [0, 0.05) is 27.9 Å². The number of alkyl halides is 3. The highest BCUT2D eigenvalue weighted by molar-refractivity contribution is 7.10. The number of carbonyl (C=O) groups excluding carboxylic acids is 3. The molecule has 1 saturated heterocycles. The standard InChI is InChI=1S/C26H27N5O4S.C8H7F3/c27-24(28)18-13-21(36-16-18)14-29-26(34)22-7-4-12-31(22)23(32)15-30-25(33)17-8-10-20(11-9-17)35-19-5-2-1-3-6-19;1-6-2-4-7(5-3-6)8(9,10)11/h1-3,5-6,8-11,13,16,22H,4,7,12,14-15H2,(H3,27,28)(H,29,34)(H,30,33);2-5H,1H3. The second-order valence-electron chi connectivity index (χ2n) is 10.7. The number of amidine groups is 1. The minimum Gasteiger partial charge on any atom is -0.457 e. The molecule has 3 aromatic carbocycles. The van der Waals surface area contributed by atoms with Crippen molar-refractivity contribution in [2.75, 3.05) is 13.1 Å². The summed E-state index contributed by atoms with van der Waals surface area (Å²) in [5, 5.41) is 14.7. The van der Waals surface area contributed by atoms with Gasteiger partial charge in [-0.3, -0.25) is 19.8 Å². The maximum atomic E-state index is 12.8. The quantitative estimate of drug-likeness (QED) is 0.131. The van der Waals surface area contributed by atoms with Crippen LogP contribution < -0.4 is 21.1 Å². The molecule has 9 nitrogen and oxygen atoms in total. The summed E-state index contributed by atoms with van der Waals surface area (Å²) in [7, 11) is 0. The van der Waals surface area contributed by atoms with Crippen LogP contribution >= 0.6 is 11.3 Å². The number of benzene rings is 3. The number of nitrogen functional groups attached to an aromatic ring is 1. The van der Waals surface area contributed by atoms with Crippen LogP contribution in [0.5, 0.6) is 11.5 Å². The molecule has 0 saturated carbocycles. The number of amides is 3. The summed E-state index contributed by atoms with van der Waals surface area (Å²) >= 11 is 1.41. The highest BCUT2D eigenvalue weighted by Gasteiger charge is 2.34. The lowest BCUT2D eigenvalue weighted by Crippen LogP contribution is -2.48. The summed E-state index contributed by atoms with van der Waals surface area (Å²) in [6, 6.07) is 22.2. The molecule has 47 heavy (non-hydrogen) atoms. The molecule has 1 aromatic heterocycles. The highest BCUT2D eigenvalue weighted by Crippen LogP contribution is 2.29. The van der Waals surface area contributed by atoms with E-state index in [1.54, 1.807) is 42.6 Å². The smallest absolute Gasteiger partial charge is 0.416 e. The molecule has 1 atom stereocenters. The lowest BCUT2D eigenvalue weighted by atomic mass is 10.1. The number of nitrogens with zero attached hydrogens (tertiary/aromatic N) is 1. The third kappa shape index (κ3) is 10.2. The van der Waals surface area contributed by atoms with Crippen LogP contribution in [0, 0.1) is 12.3 Å². The molecule has 3 amide bonds. The van der Waals surface area contributed by atoms with Crippen LogP contribution in [-0.4, -0.2) is 47.6 Å². The topological polar surface area (TPSA) is 138 Å². The van der Waals surface area contributed by atoms with Gasteiger partial charge in [0.15, 0.2) is 0 Å². The van der Waals surface area contributed by atoms with Gasteiger partial charge in [0.2, 0.25) is 11.8 Å². The Hall–Kier alpha value is -5.17. The van der Waals surface area contributed by atoms with E-state index in [9.17, 15) is 27.6 Å². The van der Waals surface area contributed by atoms with Crippen molar-refractivity contribution in [1.29, 1.82) is 5.41 Å². The SMILES string of the molecule is Cc1ccc(C(F)(F)F)cc1.N=C(N)c1csc(CNC(=O)C2CCCN2C(=O)CNC(=O)c2ccc(Oc3ccccc3)cc2)c1. The molecule has 1 aliphatic heterocycles. The zero-order chi connectivity index (χ0) is 34.0. The van der Waals surface area contributed by atoms with E-state index in [4.69, 9.17) is 15.9 Å². The van der Waals surface area contributed by atoms with Gasteiger partial charge in [-0.1, -0.05) is 35.9 Å². The third-order valence-electron chi connectivity index (χ3n) is 7.15. The number of halogens is 3. The van der Waals surface area contributed by atoms with Crippen molar-refractivity contribution in [2.45, 2.75) is 38.5 Å². The fraction of sp³-hybridized carbons (Fsp3) is 0.235. The molecule has 4 aromatic rings. The Kier molecular flexibility index (Phi) is 11.7. The van der Waals surface area contributed by atoms with Crippen molar-refractivity contribution in [3.8, 4) is 11.5 Å². The van der Waals surface area contributed by atoms with Crippen molar-refractivity contribution >= 4 is 34.9 Å². The predicted octanol–water partition coefficient (Wildman–Crippen LogP) is 5.88. The molecule has 246 valence electrons. The van der Waals surface area contributed by atoms with Gasteiger partial charge in [-0.2, -0.15) is 13.2 Å². The molecule has 1 fully saturated rings. The monoisotopic (exact) mass is 665 g/mol. The number of aryl methyl sites for hydroxylation is 1. The number of para-hydroxylation sites is 1. The van der Waals surface area contributed by atoms with Gasteiger partial charge in [0.05, 0.1) is 18.7 Å². The Balaban J connectivity index is 0.000000385. The fourth-order valence-corrected chi connectivity index (χ4v) is 5.47. The molecule has 5 N–H and O–H groups in total. The number of carbonyl (C=O) groups is 3.